The van der Waals surface area contributed by atoms with Crippen LogP contribution in [0.5, 0.6) is 0 Å². The first-order chi connectivity index (χ1) is 12.5. The Balaban J connectivity index is 1.67. The van der Waals surface area contributed by atoms with Crippen molar-refractivity contribution in [3.63, 3.8) is 0 Å². The zero-order valence-corrected chi connectivity index (χ0v) is 14.8. The number of amides is 1. The van der Waals surface area contributed by atoms with Crippen LogP contribution in [0, 0.1) is 0 Å². The van der Waals surface area contributed by atoms with Gasteiger partial charge < -0.3 is 5.32 Å². The smallest absolute Gasteiger partial charge is 0.224 e. The average molecular weight is 370 g/mol. The molecule has 0 aliphatic carbocycles. The third kappa shape index (κ3) is 4.31. The van der Waals surface area contributed by atoms with Crippen LogP contribution in [0.1, 0.15) is 23.7 Å². The number of hydrogen-bond acceptors (Lipinski definition) is 5. The highest BCUT2D eigenvalue weighted by Gasteiger charge is 2.12. The molecule has 3 rings (SSSR count). The normalized spacial score (nSPS) is 10.5. The minimum atomic E-state index is -0.159. The molecule has 0 aliphatic heterocycles. The topological polar surface area (TPSA) is 89.8 Å². The number of Topliss-reactive ketones (excluding diaryl/α,β-unsaturated/α-hetero) is 1. The average Bonchev–Trinajstić information content (AvgIpc) is 3.10. The first kappa shape index (κ1) is 17.8. The SMILES string of the molecule is CCC(=O)Nc1ccc(C(=O)Cn2nnc(-c3cccc(Cl)c3)n2)cc1. The summed E-state index contributed by atoms with van der Waals surface area (Å²) in [4.78, 5) is 25.0. The highest BCUT2D eigenvalue weighted by molar-refractivity contribution is 6.30. The van der Waals surface area contributed by atoms with E-state index in [1.165, 1.54) is 4.80 Å². The largest absolute Gasteiger partial charge is 0.326 e. The number of carbonyl (C=O) groups excluding carboxylic acids is 2. The Morgan fingerprint density at radius 2 is 1.92 bits per heavy atom. The molecule has 7 nitrogen and oxygen atoms in total. The van der Waals surface area contributed by atoms with Gasteiger partial charge >= 0.3 is 0 Å². The van der Waals surface area contributed by atoms with Gasteiger partial charge in [-0.3, -0.25) is 9.59 Å². The number of tetrazole rings is 1. The van der Waals surface area contributed by atoms with E-state index in [1.807, 2.05) is 6.07 Å². The molecule has 1 N–H and O–H groups in total. The number of halogens is 1. The molecule has 8 heteroatoms. The Morgan fingerprint density at radius 1 is 1.15 bits per heavy atom. The van der Waals surface area contributed by atoms with E-state index >= 15 is 0 Å². The second-order valence-electron chi connectivity index (χ2n) is 5.56. The van der Waals surface area contributed by atoms with Crippen LogP contribution in [0.3, 0.4) is 0 Å². The lowest BCUT2D eigenvalue weighted by Gasteiger charge is -2.04. The summed E-state index contributed by atoms with van der Waals surface area (Å²) in [5.41, 5.74) is 1.88. The molecule has 1 aromatic heterocycles. The zero-order valence-electron chi connectivity index (χ0n) is 14.0. The van der Waals surface area contributed by atoms with E-state index in [0.717, 1.165) is 5.56 Å². The molecule has 26 heavy (non-hydrogen) atoms. The Labute approximate surface area is 155 Å². The molecule has 132 valence electrons. The number of anilines is 1. The Kier molecular flexibility index (Phi) is 5.38. The third-order valence-corrected chi connectivity index (χ3v) is 3.87. The van der Waals surface area contributed by atoms with Crippen molar-refractivity contribution < 1.29 is 9.59 Å². The van der Waals surface area contributed by atoms with Gasteiger partial charge in [0.1, 0.15) is 6.54 Å². The van der Waals surface area contributed by atoms with Gasteiger partial charge in [-0.1, -0.05) is 30.7 Å². The zero-order chi connectivity index (χ0) is 18.5. The lowest BCUT2D eigenvalue weighted by Crippen LogP contribution is -2.14. The monoisotopic (exact) mass is 369 g/mol. The maximum atomic E-state index is 12.4. The fourth-order valence-electron chi connectivity index (χ4n) is 2.26. The summed E-state index contributed by atoms with van der Waals surface area (Å²) >= 11 is 5.96. The van der Waals surface area contributed by atoms with Crippen molar-refractivity contribution in [1.82, 2.24) is 20.2 Å². The number of ketones is 1. The van der Waals surface area contributed by atoms with E-state index in [1.54, 1.807) is 49.4 Å². The van der Waals surface area contributed by atoms with Crippen molar-refractivity contribution in [3.8, 4) is 11.4 Å². The maximum Gasteiger partial charge on any atom is 0.224 e. The van der Waals surface area contributed by atoms with Crippen molar-refractivity contribution in [2.45, 2.75) is 19.9 Å². The molecule has 1 amide bonds. The minimum absolute atomic E-state index is 0.0335. The van der Waals surface area contributed by atoms with Crippen LogP contribution < -0.4 is 5.32 Å². The Bertz CT molecular complexity index is 937. The summed E-state index contributed by atoms with van der Waals surface area (Å²) in [7, 11) is 0. The lowest BCUT2D eigenvalue weighted by molar-refractivity contribution is -0.115. The molecule has 0 spiro atoms. The molecule has 2 aromatic carbocycles. The summed E-state index contributed by atoms with van der Waals surface area (Å²) in [6.45, 7) is 1.74. The number of nitrogens with zero attached hydrogens (tertiary/aromatic N) is 4. The van der Waals surface area contributed by atoms with Crippen LogP contribution in [0.15, 0.2) is 48.5 Å². The molecule has 0 radical (unpaired) electrons. The molecule has 0 atom stereocenters. The number of nitrogens with one attached hydrogen (secondary N) is 1. The first-order valence-corrected chi connectivity index (χ1v) is 8.40. The summed E-state index contributed by atoms with van der Waals surface area (Å²) in [5, 5.41) is 15.4. The van der Waals surface area contributed by atoms with E-state index in [9.17, 15) is 9.59 Å². The molecule has 0 unspecified atom stereocenters. The fourth-order valence-corrected chi connectivity index (χ4v) is 2.45. The van der Waals surface area contributed by atoms with Crippen LogP contribution in [-0.2, 0) is 11.3 Å². The van der Waals surface area contributed by atoms with Crippen molar-refractivity contribution >= 4 is 29.0 Å². The van der Waals surface area contributed by atoms with Crippen LogP contribution in [0.4, 0.5) is 5.69 Å². The van der Waals surface area contributed by atoms with Crippen LogP contribution in [0.2, 0.25) is 5.02 Å². The van der Waals surface area contributed by atoms with E-state index in [0.29, 0.717) is 28.5 Å². The third-order valence-electron chi connectivity index (χ3n) is 3.63. The van der Waals surface area contributed by atoms with Crippen molar-refractivity contribution in [2.75, 3.05) is 5.32 Å². The van der Waals surface area contributed by atoms with Gasteiger partial charge in [-0.25, -0.2) is 0 Å². The molecule has 1 heterocycles. The summed E-state index contributed by atoms with van der Waals surface area (Å²) < 4.78 is 0. The van der Waals surface area contributed by atoms with Crippen LogP contribution in [0.25, 0.3) is 11.4 Å². The van der Waals surface area contributed by atoms with Gasteiger partial charge in [0, 0.05) is 28.3 Å². The molecule has 0 saturated carbocycles. The quantitative estimate of drug-likeness (QED) is 0.674. The number of hydrogen-bond donors (Lipinski definition) is 1. The second kappa shape index (κ2) is 7.88. The summed E-state index contributed by atoms with van der Waals surface area (Å²) in [5.74, 6) is 0.163. The van der Waals surface area contributed by atoms with E-state index < -0.39 is 0 Å². The van der Waals surface area contributed by atoms with E-state index in [-0.39, 0.29) is 18.2 Å². The highest BCUT2D eigenvalue weighted by atomic mass is 35.5. The van der Waals surface area contributed by atoms with Crippen molar-refractivity contribution in [1.29, 1.82) is 0 Å². The van der Waals surface area contributed by atoms with Gasteiger partial charge in [0.15, 0.2) is 5.78 Å². The van der Waals surface area contributed by atoms with Gasteiger partial charge in [-0.05, 0) is 41.6 Å². The lowest BCUT2D eigenvalue weighted by atomic mass is 10.1. The van der Waals surface area contributed by atoms with Crippen LogP contribution >= 0.6 is 11.6 Å². The van der Waals surface area contributed by atoms with E-state index in [2.05, 4.69) is 20.7 Å². The molecule has 3 aromatic rings. The fraction of sp³-hybridized carbons (Fsp3) is 0.167. The van der Waals surface area contributed by atoms with E-state index in [4.69, 9.17) is 11.6 Å². The van der Waals surface area contributed by atoms with Gasteiger partial charge in [-0.2, -0.15) is 4.80 Å². The summed E-state index contributed by atoms with van der Waals surface area (Å²) in [6.07, 6.45) is 0.396. The predicted molar refractivity (Wildman–Crippen MR) is 98.0 cm³/mol. The van der Waals surface area contributed by atoms with Gasteiger partial charge in [-0.15, -0.1) is 10.2 Å². The van der Waals surface area contributed by atoms with Crippen molar-refractivity contribution in [2.24, 2.45) is 0 Å². The molecular formula is C18H16ClN5O2. The summed E-state index contributed by atoms with van der Waals surface area (Å²) in [6, 6.07) is 13.8. The number of rotatable bonds is 6. The molecule has 0 saturated heterocycles. The van der Waals surface area contributed by atoms with Crippen molar-refractivity contribution in [3.05, 3.63) is 59.1 Å². The maximum absolute atomic E-state index is 12.4. The molecule has 0 bridgehead atoms. The molecular weight excluding hydrogens is 354 g/mol. The van der Waals surface area contributed by atoms with Gasteiger partial charge in [0.05, 0.1) is 0 Å². The van der Waals surface area contributed by atoms with Gasteiger partial charge in [0.25, 0.3) is 0 Å². The number of benzene rings is 2. The number of carbonyl (C=O) groups is 2. The Morgan fingerprint density at radius 3 is 2.62 bits per heavy atom. The molecule has 0 fully saturated rings. The predicted octanol–water partition coefficient (Wildman–Crippen LogP) is 3.22. The van der Waals surface area contributed by atoms with Gasteiger partial charge in [0.2, 0.25) is 11.7 Å². The standard InChI is InChI=1S/C18H16ClN5O2/c1-2-17(26)20-15-8-6-12(7-9-15)16(25)11-24-22-18(21-23-24)13-4-3-5-14(19)10-13/h3-10H,2,11H2,1H3,(H,20,26). The van der Waals surface area contributed by atoms with Crippen LogP contribution in [-0.4, -0.2) is 31.9 Å². The molecule has 0 aliphatic rings. The number of aromatic nitrogens is 4. The highest BCUT2D eigenvalue weighted by Crippen LogP contribution is 2.18. The minimum Gasteiger partial charge on any atom is -0.326 e. The Hall–Kier alpha value is -3.06. The first-order valence-electron chi connectivity index (χ1n) is 8.02. The second-order valence-corrected chi connectivity index (χ2v) is 5.99.